The number of aromatic amines is 2. The van der Waals surface area contributed by atoms with Crippen molar-refractivity contribution in [3.05, 3.63) is 87.3 Å². The number of benzene rings is 2. The van der Waals surface area contributed by atoms with E-state index in [0.29, 0.717) is 17.8 Å². The molecule has 0 spiro atoms. The minimum absolute atomic E-state index is 0.132. The van der Waals surface area contributed by atoms with E-state index in [9.17, 15) is 9.59 Å². The Morgan fingerprint density at radius 2 is 1.56 bits per heavy atom. The van der Waals surface area contributed by atoms with Crippen LogP contribution in [-0.2, 0) is 4.79 Å². The molecule has 1 atom stereocenters. The van der Waals surface area contributed by atoms with Crippen LogP contribution in [0.5, 0.6) is 0 Å². The second-order valence-corrected chi connectivity index (χ2v) is 7.08. The van der Waals surface area contributed by atoms with Crippen LogP contribution in [0.15, 0.2) is 70.7 Å². The highest BCUT2D eigenvalue weighted by molar-refractivity contribution is 6.00. The SMILES string of the molecule is O=C1CCCC2=C1C(c1ccc(-c3ccccc3)cc1)c1c([nH][nH]c1=O)N2. The average molecular weight is 357 g/mol. The van der Waals surface area contributed by atoms with E-state index < -0.39 is 0 Å². The fourth-order valence-electron chi connectivity index (χ4n) is 4.20. The van der Waals surface area contributed by atoms with Gasteiger partial charge >= 0.3 is 0 Å². The first-order chi connectivity index (χ1) is 13.2. The van der Waals surface area contributed by atoms with Gasteiger partial charge in [0, 0.05) is 23.6 Å². The third kappa shape index (κ3) is 2.54. The summed E-state index contributed by atoms with van der Waals surface area (Å²) in [6.45, 7) is 0. The molecule has 1 unspecified atom stereocenters. The molecule has 0 amide bonds. The standard InChI is InChI=1S/C22H19N3O2/c26-17-8-4-7-16-19(17)18(20-21(23-16)24-25-22(20)27)15-11-9-14(10-12-15)13-5-2-1-3-6-13/h1-3,5-6,9-12,18H,4,7-8H2,(H3,23,24,25,27). The van der Waals surface area contributed by atoms with Crippen molar-refractivity contribution < 1.29 is 4.79 Å². The van der Waals surface area contributed by atoms with Gasteiger partial charge in [0.05, 0.1) is 5.56 Å². The number of nitrogens with one attached hydrogen (secondary N) is 3. The second kappa shape index (κ2) is 6.13. The van der Waals surface area contributed by atoms with Gasteiger partial charge in [-0.25, -0.2) is 0 Å². The number of rotatable bonds is 2. The molecule has 0 saturated carbocycles. The largest absolute Gasteiger partial charge is 0.343 e. The summed E-state index contributed by atoms with van der Waals surface area (Å²) in [6, 6.07) is 18.3. The summed E-state index contributed by atoms with van der Waals surface area (Å²) < 4.78 is 0. The molecule has 1 aromatic heterocycles. The van der Waals surface area contributed by atoms with Crippen LogP contribution < -0.4 is 10.9 Å². The molecule has 3 aromatic rings. The van der Waals surface area contributed by atoms with Gasteiger partial charge in [-0.3, -0.25) is 19.8 Å². The van der Waals surface area contributed by atoms with Crippen LogP contribution in [0.1, 0.15) is 36.3 Å². The summed E-state index contributed by atoms with van der Waals surface area (Å²) in [5.41, 5.74) is 5.31. The number of carbonyl (C=O) groups is 1. The lowest BCUT2D eigenvalue weighted by Crippen LogP contribution is -2.29. The molecule has 2 heterocycles. The Labute approximate surface area is 156 Å². The highest BCUT2D eigenvalue weighted by atomic mass is 16.1. The zero-order valence-corrected chi connectivity index (χ0v) is 14.7. The maximum Gasteiger partial charge on any atom is 0.270 e. The number of anilines is 1. The van der Waals surface area contributed by atoms with Gasteiger partial charge in [0.1, 0.15) is 5.82 Å². The minimum Gasteiger partial charge on any atom is -0.343 e. The van der Waals surface area contributed by atoms with Crippen LogP contribution in [0.2, 0.25) is 0 Å². The third-order valence-electron chi connectivity index (χ3n) is 5.48. The Balaban J connectivity index is 1.64. The number of Topliss-reactive ketones (excluding diaryl/α,β-unsaturated/α-hetero) is 1. The van der Waals surface area contributed by atoms with Crippen molar-refractivity contribution in [2.75, 3.05) is 5.32 Å². The highest BCUT2D eigenvalue weighted by Crippen LogP contribution is 2.43. The average Bonchev–Trinajstić information content (AvgIpc) is 3.08. The number of hydrogen-bond donors (Lipinski definition) is 3. The molecule has 5 rings (SSSR count). The van der Waals surface area contributed by atoms with E-state index in [1.807, 2.05) is 30.3 Å². The molecule has 0 fully saturated rings. The monoisotopic (exact) mass is 357 g/mol. The Kier molecular flexibility index (Phi) is 3.60. The number of fused-ring (bicyclic) bond motifs is 1. The van der Waals surface area contributed by atoms with Gasteiger partial charge in [-0.1, -0.05) is 54.6 Å². The second-order valence-electron chi connectivity index (χ2n) is 7.08. The molecule has 3 N–H and O–H groups in total. The fraction of sp³-hybridized carbons (Fsp3) is 0.182. The molecular weight excluding hydrogens is 338 g/mol. The van der Waals surface area contributed by atoms with Crippen LogP contribution in [-0.4, -0.2) is 16.0 Å². The summed E-state index contributed by atoms with van der Waals surface area (Å²) in [7, 11) is 0. The summed E-state index contributed by atoms with van der Waals surface area (Å²) in [5.74, 6) is 0.474. The zero-order chi connectivity index (χ0) is 18.4. The molecule has 27 heavy (non-hydrogen) atoms. The van der Waals surface area contributed by atoms with Crippen LogP contribution in [0.25, 0.3) is 11.1 Å². The molecule has 0 radical (unpaired) electrons. The lowest BCUT2D eigenvalue weighted by molar-refractivity contribution is -0.116. The topological polar surface area (TPSA) is 77.8 Å². The number of aromatic nitrogens is 2. The van der Waals surface area contributed by atoms with Crippen LogP contribution in [0, 0.1) is 0 Å². The van der Waals surface area contributed by atoms with Crippen molar-refractivity contribution in [1.82, 2.24) is 10.2 Å². The number of allylic oxidation sites excluding steroid dienone is 2. The van der Waals surface area contributed by atoms with Crippen LogP contribution in [0.3, 0.4) is 0 Å². The van der Waals surface area contributed by atoms with Crippen molar-refractivity contribution in [3.63, 3.8) is 0 Å². The van der Waals surface area contributed by atoms with Gasteiger partial charge in [0.25, 0.3) is 5.56 Å². The van der Waals surface area contributed by atoms with Crippen molar-refractivity contribution in [1.29, 1.82) is 0 Å². The Morgan fingerprint density at radius 3 is 2.33 bits per heavy atom. The molecule has 1 aliphatic carbocycles. The number of H-pyrrole nitrogens is 2. The van der Waals surface area contributed by atoms with E-state index in [-0.39, 0.29) is 17.3 Å². The van der Waals surface area contributed by atoms with E-state index in [1.54, 1.807) is 0 Å². The van der Waals surface area contributed by atoms with E-state index >= 15 is 0 Å². The fourth-order valence-corrected chi connectivity index (χ4v) is 4.20. The van der Waals surface area contributed by atoms with Crippen molar-refractivity contribution in [3.8, 4) is 11.1 Å². The predicted molar refractivity (Wildman–Crippen MR) is 105 cm³/mol. The van der Waals surface area contributed by atoms with Gasteiger partial charge in [-0.2, -0.15) is 0 Å². The molecular formula is C22H19N3O2. The normalized spacial score (nSPS) is 18.7. The van der Waals surface area contributed by atoms with Crippen LogP contribution >= 0.6 is 0 Å². The number of ketones is 1. The van der Waals surface area contributed by atoms with Gasteiger partial charge in [0.15, 0.2) is 5.78 Å². The van der Waals surface area contributed by atoms with Crippen molar-refractivity contribution >= 4 is 11.6 Å². The molecule has 5 nitrogen and oxygen atoms in total. The summed E-state index contributed by atoms with van der Waals surface area (Å²) in [6.07, 6.45) is 2.21. The van der Waals surface area contributed by atoms with Crippen LogP contribution in [0.4, 0.5) is 5.82 Å². The first-order valence-corrected chi connectivity index (χ1v) is 9.21. The molecule has 0 bridgehead atoms. The quantitative estimate of drug-likeness (QED) is 0.650. The van der Waals surface area contributed by atoms with E-state index in [0.717, 1.165) is 40.8 Å². The maximum absolute atomic E-state index is 12.7. The molecule has 0 saturated heterocycles. The van der Waals surface area contributed by atoms with E-state index in [4.69, 9.17) is 0 Å². The predicted octanol–water partition coefficient (Wildman–Crippen LogP) is 3.93. The first-order valence-electron chi connectivity index (χ1n) is 9.21. The van der Waals surface area contributed by atoms with Crippen molar-refractivity contribution in [2.45, 2.75) is 25.2 Å². The smallest absolute Gasteiger partial charge is 0.270 e. The molecule has 2 aliphatic rings. The highest BCUT2D eigenvalue weighted by Gasteiger charge is 2.37. The summed E-state index contributed by atoms with van der Waals surface area (Å²) >= 11 is 0. The Morgan fingerprint density at radius 1 is 0.815 bits per heavy atom. The van der Waals surface area contributed by atoms with E-state index in [1.165, 1.54) is 0 Å². The first kappa shape index (κ1) is 15.9. The molecule has 1 aliphatic heterocycles. The molecule has 2 aromatic carbocycles. The third-order valence-corrected chi connectivity index (χ3v) is 5.48. The van der Waals surface area contributed by atoms with Gasteiger partial charge < -0.3 is 5.32 Å². The van der Waals surface area contributed by atoms with Gasteiger partial charge in [-0.15, -0.1) is 0 Å². The van der Waals surface area contributed by atoms with Crippen molar-refractivity contribution in [2.24, 2.45) is 0 Å². The number of carbonyl (C=O) groups excluding carboxylic acids is 1. The number of hydrogen-bond acceptors (Lipinski definition) is 3. The maximum atomic E-state index is 12.7. The lowest BCUT2D eigenvalue weighted by atomic mass is 9.76. The van der Waals surface area contributed by atoms with Gasteiger partial charge in [0.2, 0.25) is 0 Å². The molecule has 5 heteroatoms. The molecule has 134 valence electrons. The Bertz CT molecular complexity index is 1100. The summed E-state index contributed by atoms with van der Waals surface area (Å²) in [4.78, 5) is 25.2. The van der Waals surface area contributed by atoms with E-state index in [2.05, 4.69) is 39.8 Å². The lowest BCUT2D eigenvalue weighted by Gasteiger charge is -2.31. The summed E-state index contributed by atoms with van der Waals surface area (Å²) in [5, 5.41) is 8.84. The van der Waals surface area contributed by atoms with Gasteiger partial charge in [-0.05, 0) is 29.5 Å². The Hall–Kier alpha value is -3.34. The zero-order valence-electron chi connectivity index (χ0n) is 14.7. The minimum atomic E-state index is -0.330.